The molecule has 0 saturated carbocycles. The SMILES string of the molecule is CN(C)N=Nc1ccc(C(=O)NN=Cc2cccc([N+](=O)[O-])c2)cc1. The zero-order chi connectivity index (χ0) is 18.2. The van der Waals surface area contributed by atoms with Crippen LogP contribution in [0.5, 0.6) is 0 Å². The molecule has 0 atom stereocenters. The summed E-state index contributed by atoms with van der Waals surface area (Å²) in [5.74, 6) is -0.405. The van der Waals surface area contributed by atoms with Crippen LogP contribution in [0.2, 0.25) is 0 Å². The van der Waals surface area contributed by atoms with Crippen molar-refractivity contribution in [3.63, 3.8) is 0 Å². The van der Waals surface area contributed by atoms with Gasteiger partial charge in [-0.25, -0.2) is 5.43 Å². The molecule has 9 heteroatoms. The summed E-state index contributed by atoms with van der Waals surface area (Å²) in [5.41, 5.74) is 3.85. The number of nitro benzene ring substituents is 1. The first-order valence-electron chi connectivity index (χ1n) is 7.22. The number of amides is 1. The van der Waals surface area contributed by atoms with Crippen molar-refractivity contribution in [2.24, 2.45) is 15.4 Å². The number of carbonyl (C=O) groups is 1. The fraction of sp³-hybridized carbons (Fsp3) is 0.125. The molecule has 2 aromatic rings. The van der Waals surface area contributed by atoms with E-state index in [4.69, 9.17) is 0 Å². The maximum Gasteiger partial charge on any atom is 0.271 e. The molecule has 0 spiro atoms. The number of benzene rings is 2. The summed E-state index contributed by atoms with van der Waals surface area (Å²) < 4.78 is 0. The van der Waals surface area contributed by atoms with Crippen molar-refractivity contribution in [3.8, 4) is 0 Å². The normalized spacial score (nSPS) is 11.0. The number of non-ortho nitro benzene ring substituents is 1. The van der Waals surface area contributed by atoms with Gasteiger partial charge in [-0.2, -0.15) is 5.10 Å². The van der Waals surface area contributed by atoms with Crippen LogP contribution in [0.1, 0.15) is 15.9 Å². The Morgan fingerprint density at radius 3 is 2.56 bits per heavy atom. The molecule has 9 nitrogen and oxygen atoms in total. The van der Waals surface area contributed by atoms with E-state index in [9.17, 15) is 14.9 Å². The highest BCUT2D eigenvalue weighted by Gasteiger charge is 2.05. The average molecular weight is 340 g/mol. The lowest BCUT2D eigenvalue weighted by molar-refractivity contribution is -0.384. The minimum atomic E-state index is -0.495. The highest BCUT2D eigenvalue weighted by molar-refractivity contribution is 5.95. The summed E-state index contributed by atoms with van der Waals surface area (Å²) in [6, 6.07) is 12.4. The lowest BCUT2D eigenvalue weighted by atomic mass is 10.2. The van der Waals surface area contributed by atoms with E-state index in [0.29, 0.717) is 16.8 Å². The third kappa shape index (κ3) is 5.50. The first kappa shape index (κ1) is 17.7. The Kier molecular flexibility index (Phi) is 5.88. The van der Waals surface area contributed by atoms with Crippen molar-refractivity contribution in [2.75, 3.05) is 14.1 Å². The van der Waals surface area contributed by atoms with Gasteiger partial charge >= 0.3 is 0 Å². The molecule has 0 aliphatic rings. The summed E-state index contributed by atoms with van der Waals surface area (Å²) in [5, 5.41) is 23.9. The van der Waals surface area contributed by atoms with Gasteiger partial charge in [0.25, 0.3) is 11.6 Å². The predicted octanol–water partition coefficient (Wildman–Crippen LogP) is 2.92. The molecule has 0 aromatic heterocycles. The number of hydrazone groups is 1. The topological polar surface area (TPSA) is 113 Å². The molecular formula is C16H16N6O3. The first-order chi connectivity index (χ1) is 12.0. The van der Waals surface area contributed by atoms with Gasteiger partial charge in [-0.05, 0) is 24.3 Å². The highest BCUT2D eigenvalue weighted by atomic mass is 16.6. The number of nitro groups is 1. The Hall–Kier alpha value is -3.62. The van der Waals surface area contributed by atoms with E-state index in [1.54, 1.807) is 55.5 Å². The first-order valence-corrected chi connectivity index (χ1v) is 7.22. The zero-order valence-corrected chi connectivity index (χ0v) is 13.7. The van der Waals surface area contributed by atoms with Gasteiger partial charge in [-0.1, -0.05) is 17.4 Å². The molecule has 0 radical (unpaired) electrons. The van der Waals surface area contributed by atoms with E-state index in [1.807, 2.05) is 0 Å². The van der Waals surface area contributed by atoms with Crippen molar-refractivity contribution in [1.82, 2.24) is 10.4 Å². The molecule has 0 saturated heterocycles. The molecule has 1 amide bonds. The minimum Gasteiger partial charge on any atom is -0.285 e. The van der Waals surface area contributed by atoms with Crippen LogP contribution in [-0.2, 0) is 0 Å². The largest absolute Gasteiger partial charge is 0.285 e. The van der Waals surface area contributed by atoms with Gasteiger partial charge in [0.1, 0.15) is 0 Å². The van der Waals surface area contributed by atoms with Crippen LogP contribution in [0.15, 0.2) is 64.0 Å². The Bertz CT molecular complexity index is 815. The van der Waals surface area contributed by atoms with Crippen molar-refractivity contribution in [2.45, 2.75) is 0 Å². The minimum absolute atomic E-state index is 0.0437. The quantitative estimate of drug-likeness (QED) is 0.377. The lowest BCUT2D eigenvalue weighted by Gasteiger charge is -2.02. The molecule has 128 valence electrons. The van der Waals surface area contributed by atoms with Gasteiger partial charge in [-0.15, -0.1) is 5.11 Å². The maximum atomic E-state index is 12.0. The second-order valence-corrected chi connectivity index (χ2v) is 5.13. The monoisotopic (exact) mass is 340 g/mol. The molecule has 2 aromatic carbocycles. The molecule has 2 rings (SSSR count). The Morgan fingerprint density at radius 2 is 1.92 bits per heavy atom. The van der Waals surface area contributed by atoms with Crippen molar-refractivity contribution < 1.29 is 9.72 Å². The van der Waals surface area contributed by atoms with Gasteiger partial charge in [-0.3, -0.25) is 19.9 Å². The Morgan fingerprint density at radius 1 is 1.20 bits per heavy atom. The van der Waals surface area contributed by atoms with Crippen LogP contribution in [0.25, 0.3) is 0 Å². The van der Waals surface area contributed by atoms with Crippen LogP contribution in [0, 0.1) is 10.1 Å². The average Bonchev–Trinajstić information content (AvgIpc) is 2.60. The second kappa shape index (κ2) is 8.29. The molecule has 0 fully saturated rings. The summed E-state index contributed by atoms with van der Waals surface area (Å²) in [6.45, 7) is 0. The van der Waals surface area contributed by atoms with Gasteiger partial charge < -0.3 is 0 Å². The van der Waals surface area contributed by atoms with E-state index in [1.165, 1.54) is 18.3 Å². The highest BCUT2D eigenvalue weighted by Crippen LogP contribution is 2.14. The maximum absolute atomic E-state index is 12.0. The number of carbonyl (C=O) groups excluding carboxylic acids is 1. The van der Waals surface area contributed by atoms with E-state index < -0.39 is 10.8 Å². The van der Waals surface area contributed by atoms with Gasteiger partial charge in [0.2, 0.25) is 0 Å². The van der Waals surface area contributed by atoms with E-state index in [-0.39, 0.29) is 5.69 Å². The molecule has 1 N–H and O–H groups in total. The van der Waals surface area contributed by atoms with Crippen LogP contribution in [0.4, 0.5) is 11.4 Å². The number of rotatable bonds is 6. The third-order valence-electron chi connectivity index (χ3n) is 2.93. The molecule has 0 unspecified atom stereocenters. The Labute approximate surface area is 143 Å². The molecular weight excluding hydrogens is 324 g/mol. The summed E-state index contributed by atoms with van der Waals surface area (Å²) in [7, 11) is 3.51. The standard InChI is InChI=1S/C16H16N6O3/c1-21(2)20-18-14-8-6-13(7-9-14)16(23)19-17-11-12-4-3-5-15(10-12)22(24)25/h3-11H,1-2H3,(H,19,23). The van der Waals surface area contributed by atoms with Crippen molar-refractivity contribution in [3.05, 3.63) is 69.8 Å². The third-order valence-corrected chi connectivity index (χ3v) is 2.93. The second-order valence-electron chi connectivity index (χ2n) is 5.13. The summed E-state index contributed by atoms with van der Waals surface area (Å²) in [4.78, 5) is 22.2. The summed E-state index contributed by atoms with van der Waals surface area (Å²) >= 11 is 0. The van der Waals surface area contributed by atoms with Crippen LogP contribution >= 0.6 is 0 Å². The predicted molar refractivity (Wildman–Crippen MR) is 92.8 cm³/mol. The smallest absolute Gasteiger partial charge is 0.271 e. The van der Waals surface area contributed by atoms with Crippen LogP contribution in [-0.4, -0.2) is 36.1 Å². The molecule has 0 aliphatic heterocycles. The van der Waals surface area contributed by atoms with Crippen molar-refractivity contribution in [1.29, 1.82) is 0 Å². The lowest BCUT2D eigenvalue weighted by Crippen LogP contribution is -2.17. The van der Waals surface area contributed by atoms with Gasteiger partial charge in [0.05, 0.1) is 16.8 Å². The van der Waals surface area contributed by atoms with Crippen LogP contribution in [0.3, 0.4) is 0 Å². The molecule has 0 bridgehead atoms. The number of nitrogens with one attached hydrogen (secondary N) is 1. The van der Waals surface area contributed by atoms with Gasteiger partial charge in [0.15, 0.2) is 0 Å². The van der Waals surface area contributed by atoms with E-state index in [0.717, 1.165) is 0 Å². The molecule has 0 heterocycles. The fourth-order valence-corrected chi connectivity index (χ4v) is 1.77. The zero-order valence-electron chi connectivity index (χ0n) is 13.7. The van der Waals surface area contributed by atoms with E-state index >= 15 is 0 Å². The van der Waals surface area contributed by atoms with E-state index in [2.05, 4.69) is 20.9 Å². The molecule has 0 aliphatic carbocycles. The summed E-state index contributed by atoms with van der Waals surface area (Å²) in [6.07, 6.45) is 1.34. The number of hydrogen-bond acceptors (Lipinski definition) is 6. The Balaban J connectivity index is 1.98. The van der Waals surface area contributed by atoms with Crippen LogP contribution < -0.4 is 5.43 Å². The number of hydrogen-bond donors (Lipinski definition) is 1. The number of nitrogens with zero attached hydrogens (tertiary/aromatic N) is 5. The fourth-order valence-electron chi connectivity index (χ4n) is 1.77. The molecule has 25 heavy (non-hydrogen) atoms. The van der Waals surface area contributed by atoms with Crippen molar-refractivity contribution >= 4 is 23.5 Å². The van der Waals surface area contributed by atoms with Gasteiger partial charge in [0, 0.05) is 37.4 Å².